The van der Waals surface area contributed by atoms with Gasteiger partial charge < -0.3 is 10.1 Å². The van der Waals surface area contributed by atoms with Crippen LogP contribution in [0, 0.1) is 0 Å². The highest BCUT2D eigenvalue weighted by Crippen LogP contribution is 2.28. The quantitative estimate of drug-likeness (QED) is 0.855. The number of halogens is 1. The molecule has 0 saturated carbocycles. The summed E-state index contributed by atoms with van der Waals surface area (Å²) in [5.41, 5.74) is -0.383. The normalized spacial score (nSPS) is 13.0. The van der Waals surface area contributed by atoms with E-state index in [0.717, 1.165) is 0 Å². The molecule has 1 atom stereocenters. The summed E-state index contributed by atoms with van der Waals surface area (Å²) in [5.74, 6) is -1.00. The van der Waals surface area contributed by atoms with E-state index in [1.807, 2.05) is 6.07 Å². The summed E-state index contributed by atoms with van der Waals surface area (Å²) < 4.78 is 4.93. The number of esters is 1. The van der Waals surface area contributed by atoms with E-state index in [4.69, 9.17) is 16.3 Å². The molecule has 0 aliphatic heterocycles. The number of carbonyl (C=O) groups excluding carboxylic acids is 2. The van der Waals surface area contributed by atoms with Crippen LogP contribution in [-0.2, 0) is 15.1 Å². The molecule has 1 N–H and O–H groups in total. The van der Waals surface area contributed by atoms with Crippen LogP contribution in [0.3, 0.4) is 0 Å². The van der Waals surface area contributed by atoms with E-state index >= 15 is 0 Å². The molecule has 0 saturated heterocycles. The number of ether oxygens (including phenoxy) is 1. The number of pyridine rings is 1. The number of rotatable bonds is 5. The molecule has 0 bridgehead atoms. The SMILES string of the molecule is CCC(NC(=O)c1ccncc1Cl)(C(=O)OC)c1ccccc1. The molecular weight excluding hydrogens is 316 g/mol. The van der Waals surface area contributed by atoms with E-state index in [1.54, 1.807) is 31.2 Å². The molecule has 1 aromatic carbocycles. The molecule has 120 valence electrons. The Morgan fingerprint density at radius 1 is 1.26 bits per heavy atom. The largest absolute Gasteiger partial charge is 0.467 e. The topological polar surface area (TPSA) is 68.3 Å². The zero-order valence-corrected chi connectivity index (χ0v) is 13.6. The van der Waals surface area contributed by atoms with Crippen LogP contribution in [-0.4, -0.2) is 24.0 Å². The van der Waals surface area contributed by atoms with Gasteiger partial charge in [0.2, 0.25) is 0 Å². The fourth-order valence-electron chi connectivity index (χ4n) is 2.40. The summed E-state index contributed by atoms with van der Waals surface area (Å²) in [7, 11) is 1.29. The summed E-state index contributed by atoms with van der Waals surface area (Å²) in [6.07, 6.45) is 3.18. The highest BCUT2D eigenvalue weighted by Gasteiger charge is 2.41. The van der Waals surface area contributed by atoms with E-state index in [9.17, 15) is 9.59 Å². The number of aromatic nitrogens is 1. The first kappa shape index (κ1) is 17.0. The summed E-state index contributed by atoms with van der Waals surface area (Å²) in [5, 5.41) is 2.99. The standard InChI is InChI=1S/C17H17ClN2O3/c1-3-17(16(22)23-2,12-7-5-4-6-8-12)20-15(21)13-9-10-19-11-14(13)18/h4-11H,3H2,1-2H3,(H,20,21). The van der Waals surface area contributed by atoms with E-state index in [2.05, 4.69) is 10.3 Å². The molecular formula is C17H17ClN2O3. The summed E-state index contributed by atoms with van der Waals surface area (Å²) in [4.78, 5) is 28.9. The second kappa shape index (κ2) is 7.24. The van der Waals surface area contributed by atoms with Crippen LogP contribution in [0.15, 0.2) is 48.8 Å². The van der Waals surface area contributed by atoms with Gasteiger partial charge >= 0.3 is 5.97 Å². The van der Waals surface area contributed by atoms with Crippen molar-refractivity contribution in [2.75, 3.05) is 7.11 Å². The minimum absolute atomic E-state index is 0.216. The molecule has 1 amide bonds. The maximum atomic E-state index is 12.6. The van der Waals surface area contributed by atoms with Crippen molar-refractivity contribution in [1.29, 1.82) is 0 Å². The predicted molar refractivity (Wildman–Crippen MR) is 87.1 cm³/mol. The van der Waals surface area contributed by atoms with Crippen LogP contribution >= 0.6 is 11.6 Å². The number of methoxy groups -OCH3 is 1. The first-order chi connectivity index (χ1) is 11.0. The van der Waals surface area contributed by atoms with Crippen molar-refractivity contribution in [3.8, 4) is 0 Å². The Morgan fingerprint density at radius 2 is 1.96 bits per heavy atom. The van der Waals surface area contributed by atoms with Gasteiger partial charge in [0.15, 0.2) is 5.54 Å². The second-order valence-electron chi connectivity index (χ2n) is 4.93. The Bertz CT molecular complexity index is 706. The number of hydrogen-bond donors (Lipinski definition) is 1. The van der Waals surface area contributed by atoms with Crippen LogP contribution in [0.1, 0.15) is 29.3 Å². The summed E-state index contributed by atoms with van der Waals surface area (Å²) in [6, 6.07) is 10.5. The molecule has 6 heteroatoms. The van der Waals surface area contributed by atoms with Crippen molar-refractivity contribution in [2.45, 2.75) is 18.9 Å². The second-order valence-corrected chi connectivity index (χ2v) is 5.33. The molecule has 23 heavy (non-hydrogen) atoms. The van der Waals surface area contributed by atoms with Gasteiger partial charge in [-0.3, -0.25) is 9.78 Å². The zero-order chi connectivity index (χ0) is 16.9. The predicted octanol–water partition coefficient (Wildman–Crippen LogP) is 2.94. The lowest BCUT2D eigenvalue weighted by atomic mass is 9.86. The van der Waals surface area contributed by atoms with E-state index in [1.165, 1.54) is 25.6 Å². The Hall–Kier alpha value is -2.40. The van der Waals surface area contributed by atoms with Crippen LogP contribution in [0.5, 0.6) is 0 Å². The molecule has 0 spiro atoms. The van der Waals surface area contributed by atoms with Gasteiger partial charge in [0.25, 0.3) is 5.91 Å². The average Bonchev–Trinajstić information content (AvgIpc) is 2.60. The lowest BCUT2D eigenvalue weighted by Gasteiger charge is -2.31. The van der Waals surface area contributed by atoms with Gasteiger partial charge in [0.1, 0.15) is 0 Å². The molecule has 0 radical (unpaired) electrons. The fraction of sp³-hybridized carbons (Fsp3) is 0.235. The molecule has 1 heterocycles. The maximum Gasteiger partial charge on any atom is 0.336 e. The molecule has 0 fully saturated rings. The lowest BCUT2D eigenvalue weighted by molar-refractivity contribution is -0.149. The third kappa shape index (κ3) is 3.35. The third-order valence-electron chi connectivity index (χ3n) is 3.67. The number of amides is 1. The number of carbonyl (C=O) groups is 2. The average molecular weight is 333 g/mol. The first-order valence-corrected chi connectivity index (χ1v) is 7.49. The Labute approximate surface area is 139 Å². The van der Waals surface area contributed by atoms with Crippen molar-refractivity contribution in [1.82, 2.24) is 10.3 Å². The minimum atomic E-state index is -1.28. The highest BCUT2D eigenvalue weighted by molar-refractivity contribution is 6.33. The summed E-state index contributed by atoms with van der Waals surface area (Å²) in [6.45, 7) is 1.80. The number of hydrogen-bond acceptors (Lipinski definition) is 4. The van der Waals surface area contributed by atoms with Gasteiger partial charge in [-0.05, 0) is 18.1 Å². The number of nitrogens with one attached hydrogen (secondary N) is 1. The molecule has 0 aliphatic carbocycles. The molecule has 1 unspecified atom stereocenters. The first-order valence-electron chi connectivity index (χ1n) is 7.11. The van der Waals surface area contributed by atoms with Gasteiger partial charge in [-0.15, -0.1) is 0 Å². The number of benzene rings is 1. The van der Waals surface area contributed by atoms with Gasteiger partial charge in [0.05, 0.1) is 17.7 Å². The molecule has 1 aromatic heterocycles. The van der Waals surface area contributed by atoms with Crippen molar-refractivity contribution in [3.05, 3.63) is 64.9 Å². The zero-order valence-electron chi connectivity index (χ0n) is 12.9. The molecule has 0 aliphatic rings. The Balaban J connectivity index is 2.45. The van der Waals surface area contributed by atoms with E-state index in [0.29, 0.717) is 12.0 Å². The van der Waals surface area contributed by atoms with Gasteiger partial charge in [-0.25, -0.2) is 4.79 Å². The monoisotopic (exact) mass is 332 g/mol. The van der Waals surface area contributed by atoms with E-state index < -0.39 is 17.4 Å². The molecule has 5 nitrogen and oxygen atoms in total. The van der Waals surface area contributed by atoms with Gasteiger partial charge in [-0.1, -0.05) is 48.9 Å². The number of nitrogens with zero attached hydrogens (tertiary/aromatic N) is 1. The lowest BCUT2D eigenvalue weighted by Crippen LogP contribution is -2.52. The summed E-state index contributed by atoms with van der Waals surface area (Å²) >= 11 is 6.01. The highest BCUT2D eigenvalue weighted by atomic mass is 35.5. The van der Waals surface area contributed by atoms with Crippen LogP contribution in [0.2, 0.25) is 5.02 Å². The van der Waals surface area contributed by atoms with E-state index in [-0.39, 0.29) is 10.6 Å². The fourth-order valence-corrected chi connectivity index (χ4v) is 2.60. The van der Waals surface area contributed by atoms with Gasteiger partial charge in [-0.2, -0.15) is 0 Å². The van der Waals surface area contributed by atoms with Crippen LogP contribution in [0.25, 0.3) is 0 Å². The molecule has 2 rings (SSSR count). The smallest absolute Gasteiger partial charge is 0.336 e. The van der Waals surface area contributed by atoms with Crippen molar-refractivity contribution in [3.63, 3.8) is 0 Å². The molecule has 2 aromatic rings. The Kier molecular flexibility index (Phi) is 5.34. The Morgan fingerprint density at radius 3 is 2.52 bits per heavy atom. The van der Waals surface area contributed by atoms with Crippen LogP contribution in [0.4, 0.5) is 0 Å². The maximum absolute atomic E-state index is 12.6. The van der Waals surface area contributed by atoms with Crippen LogP contribution < -0.4 is 5.32 Å². The van der Waals surface area contributed by atoms with Crippen molar-refractivity contribution < 1.29 is 14.3 Å². The van der Waals surface area contributed by atoms with Crippen molar-refractivity contribution >= 4 is 23.5 Å². The third-order valence-corrected chi connectivity index (χ3v) is 3.98. The van der Waals surface area contributed by atoms with Gasteiger partial charge in [0, 0.05) is 12.4 Å². The van der Waals surface area contributed by atoms with Crippen molar-refractivity contribution in [2.24, 2.45) is 0 Å². The minimum Gasteiger partial charge on any atom is -0.467 e.